The normalized spacial score (nSPS) is 12.1. The number of rotatable bonds is 6. The van der Waals surface area contributed by atoms with Crippen molar-refractivity contribution >= 4 is 22.8 Å². The molecule has 4 aromatic rings. The zero-order chi connectivity index (χ0) is 21.3. The Hall–Kier alpha value is -4.21. The average Bonchev–Trinajstić information content (AvgIpc) is 3.31. The van der Waals surface area contributed by atoms with Crippen LogP contribution >= 0.6 is 0 Å². The minimum absolute atomic E-state index is 0.0209. The Bertz CT molecular complexity index is 1250. The van der Waals surface area contributed by atoms with Crippen molar-refractivity contribution in [3.8, 4) is 11.9 Å². The van der Waals surface area contributed by atoms with Gasteiger partial charge in [-0.25, -0.2) is 24.7 Å². The number of pyridine rings is 1. The molecule has 0 aliphatic rings. The van der Waals surface area contributed by atoms with E-state index in [-0.39, 0.29) is 39.9 Å². The van der Waals surface area contributed by atoms with Gasteiger partial charge in [0.25, 0.3) is 0 Å². The second kappa shape index (κ2) is 7.66. The summed E-state index contributed by atoms with van der Waals surface area (Å²) in [6.07, 6.45) is 2.65. The Labute approximate surface area is 166 Å². The van der Waals surface area contributed by atoms with Crippen molar-refractivity contribution in [2.45, 2.75) is 19.6 Å². The molecule has 0 saturated heterocycles. The molecule has 4 aromatic heterocycles. The van der Waals surface area contributed by atoms with Crippen molar-refractivity contribution < 1.29 is 17.9 Å². The van der Waals surface area contributed by atoms with E-state index in [4.69, 9.17) is 0 Å². The van der Waals surface area contributed by atoms with Gasteiger partial charge in [-0.15, -0.1) is 0 Å². The SMILES string of the molecule is CC(c1cccnc1F)n1nc(C#N)c2ncc(Nc3cc(OC(F)F)[nH]n3)nc21. The van der Waals surface area contributed by atoms with Crippen molar-refractivity contribution in [2.24, 2.45) is 0 Å². The van der Waals surface area contributed by atoms with Crippen LogP contribution in [0.4, 0.5) is 24.8 Å². The Balaban J connectivity index is 1.71. The monoisotopic (exact) mass is 415 g/mol. The number of hydrogen-bond acceptors (Lipinski definition) is 8. The highest BCUT2D eigenvalue weighted by molar-refractivity contribution is 5.78. The first-order chi connectivity index (χ1) is 14.5. The summed E-state index contributed by atoms with van der Waals surface area (Å²) in [6, 6.07) is 5.65. The molecule has 0 fully saturated rings. The Morgan fingerprint density at radius 1 is 1.30 bits per heavy atom. The molecule has 1 atom stereocenters. The molecule has 0 saturated carbocycles. The van der Waals surface area contributed by atoms with Crippen molar-refractivity contribution in [2.75, 3.05) is 5.32 Å². The zero-order valence-corrected chi connectivity index (χ0v) is 15.2. The number of aromatic amines is 1. The van der Waals surface area contributed by atoms with Gasteiger partial charge < -0.3 is 10.1 Å². The number of alkyl halides is 2. The third-order valence-electron chi connectivity index (χ3n) is 4.14. The Morgan fingerprint density at radius 3 is 2.87 bits per heavy atom. The van der Waals surface area contributed by atoms with Gasteiger partial charge in [0.05, 0.1) is 12.2 Å². The lowest BCUT2D eigenvalue weighted by Gasteiger charge is -2.13. The fourth-order valence-electron chi connectivity index (χ4n) is 2.81. The minimum Gasteiger partial charge on any atom is -0.417 e. The van der Waals surface area contributed by atoms with Crippen LogP contribution in [0.5, 0.6) is 5.88 Å². The predicted octanol–water partition coefficient (Wildman–Crippen LogP) is 2.91. The third-order valence-corrected chi connectivity index (χ3v) is 4.14. The van der Waals surface area contributed by atoms with Gasteiger partial charge in [0, 0.05) is 17.8 Å². The number of nitriles is 1. The van der Waals surface area contributed by atoms with Crippen LogP contribution in [0.15, 0.2) is 30.6 Å². The van der Waals surface area contributed by atoms with Crippen molar-refractivity contribution in [3.05, 3.63) is 47.8 Å². The van der Waals surface area contributed by atoms with E-state index in [1.807, 2.05) is 6.07 Å². The molecule has 152 valence electrons. The second-order valence-electron chi connectivity index (χ2n) is 6.01. The molecular formula is C17H12F3N9O. The molecular weight excluding hydrogens is 403 g/mol. The number of halogens is 3. The van der Waals surface area contributed by atoms with Crippen LogP contribution in [0.25, 0.3) is 11.2 Å². The number of nitrogens with zero attached hydrogens (tertiary/aromatic N) is 7. The number of fused-ring (bicyclic) bond motifs is 1. The van der Waals surface area contributed by atoms with Gasteiger partial charge in [-0.2, -0.15) is 28.6 Å². The van der Waals surface area contributed by atoms with Crippen molar-refractivity contribution in [3.63, 3.8) is 0 Å². The fraction of sp³-hybridized carbons (Fsp3) is 0.176. The first kappa shape index (κ1) is 19.1. The van der Waals surface area contributed by atoms with E-state index in [1.165, 1.54) is 23.1 Å². The molecule has 0 aliphatic heterocycles. The Morgan fingerprint density at radius 2 is 2.13 bits per heavy atom. The average molecular weight is 415 g/mol. The maximum atomic E-state index is 14.1. The number of anilines is 2. The molecule has 10 nitrogen and oxygen atoms in total. The highest BCUT2D eigenvalue weighted by Crippen LogP contribution is 2.26. The number of nitrogens with one attached hydrogen (secondary N) is 2. The van der Waals surface area contributed by atoms with Crippen molar-refractivity contribution in [1.82, 2.24) is 34.9 Å². The second-order valence-corrected chi connectivity index (χ2v) is 6.01. The van der Waals surface area contributed by atoms with E-state index in [0.717, 1.165) is 0 Å². The van der Waals surface area contributed by atoms with Crippen LogP contribution in [0.1, 0.15) is 24.2 Å². The van der Waals surface area contributed by atoms with Gasteiger partial charge in [0.2, 0.25) is 11.8 Å². The largest absolute Gasteiger partial charge is 0.417 e. The maximum absolute atomic E-state index is 14.1. The third kappa shape index (κ3) is 3.58. The molecule has 2 N–H and O–H groups in total. The molecule has 30 heavy (non-hydrogen) atoms. The van der Waals surface area contributed by atoms with Gasteiger partial charge in [0.1, 0.15) is 11.6 Å². The zero-order valence-electron chi connectivity index (χ0n) is 15.2. The number of ether oxygens (including phenoxy) is 1. The van der Waals surface area contributed by atoms with E-state index in [2.05, 4.69) is 40.3 Å². The van der Waals surface area contributed by atoms with Crippen LogP contribution in [0, 0.1) is 17.3 Å². The van der Waals surface area contributed by atoms with Gasteiger partial charge in [-0.1, -0.05) is 6.07 Å². The molecule has 4 heterocycles. The lowest BCUT2D eigenvalue weighted by atomic mass is 10.1. The van der Waals surface area contributed by atoms with Crippen LogP contribution in [-0.2, 0) is 0 Å². The highest BCUT2D eigenvalue weighted by atomic mass is 19.3. The van der Waals surface area contributed by atoms with Gasteiger partial charge >= 0.3 is 6.61 Å². The van der Waals surface area contributed by atoms with Crippen LogP contribution in [0.3, 0.4) is 0 Å². The molecule has 0 aromatic carbocycles. The van der Waals surface area contributed by atoms with E-state index < -0.39 is 18.6 Å². The van der Waals surface area contributed by atoms with Crippen LogP contribution < -0.4 is 10.1 Å². The predicted molar refractivity (Wildman–Crippen MR) is 96.5 cm³/mol. The first-order valence-corrected chi connectivity index (χ1v) is 8.49. The quantitative estimate of drug-likeness (QED) is 0.460. The molecule has 0 bridgehead atoms. The number of aromatic nitrogens is 7. The van der Waals surface area contributed by atoms with Gasteiger partial charge in [0.15, 0.2) is 23.0 Å². The molecule has 13 heteroatoms. The van der Waals surface area contributed by atoms with Gasteiger partial charge in [-0.05, 0) is 13.0 Å². The molecule has 0 amide bonds. The standard InChI is InChI=1S/C17H12F3N9O/c1-8(9-3-2-4-22-15(9)18)29-16-14(10(6-21)28-29)23-7-12(25-16)24-11-5-13(27-26-11)30-17(19)20/h2-5,7-8,17H,1H3,(H2,24,25,26,27). The Kier molecular flexibility index (Phi) is 4.88. The molecule has 4 rings (SSSR count). The van der Waals surface area contributed by atoms with Crippen LogP contribution in [0.2, 0.25) is 0 Å². The topological polar surface area (TPSA) is 130 Å². The molecule has 1 unspecified atom stereocenters. The van der Waals surface area contributed by atoms with E-state index in [1.54, 1.807) is 19.1 Å². The summed E-state index contributed by atoms with van der Waals surface area (Å²) in [4.78, 5) is 12.2. The summed E-state index contributed by atoms with van der Waals surface area (Å²) in [5.41, 5.74) is 0.718. The van der Waals surface area contributed by atoms with E-state index >= 15 is 0 Å². The summed E-state index contributed by atoms with van der Waals surface area (Å²) < 4.78 is 44.3. The minimum atomic E-state index is -3.00. The van der Waals surface area contributed by atoms with E-state index in [0.29, 0.717) is 0 Å². The van der Waals surface area contributed by atoms with E-state index in [9.17, 15) is 18.4 Å². The number of hydrogen-bond donors (Lipinski definition) is 2. The molecule has 0 spiro atoms. The van der Waals surface area contributed by atoms with Crippen molar-refractivity contribution in [1.29, 1.82) is 5.26 Å². The summed E-state index contributed by atoms with van der Waals surface area (Å²) >= 11 is 0. The first-order valence-electron chi connectivity index (χ1n) is 8.49. The van der Waals surface area contributed by atoms with Gasteiger partial charge in [-0.3, -0.25) is 0 Å². The summed E-state index contributed by atoms with van der Waals surface area (Å²) in [7, 11) is 0. The summed E-state index contributed by atoms with van der Waals surface area (Å²) in [5, 5.41) is 22.4. The molecule has 0 aliphatic carbocycles. The molecule has 0 radical (unpaired) electrons. The summed E-state index contributed by atoms with van der Waals surface area (Å²) in [6.45, 7) is -1.32. The highest BCUT2D eigenvalue weighted by Gasteiger charge is 2.21. The lowest BCUT2D eigenvalue weighted by molar-refractivity contribution is -0.0528. The summed E-state index contributed by atoms with van der Waals surface area (Å²) in [5.74, 6) is -0.559. The lowest BCUT2D eigenvalue weighted by Crippen LogP contribution is -2.12. The smallest absolute Gasteiger partial charge is 0.388 e. The fourth-order valence-corrected chi connectivity index (χ4v) is 2.81. The van der Waals surface area contributed by atoms with Crippen LogP contribution in [-0.4, -0.2) is 41.5 Å². The maximum Gasteiger partial charge on any atom is 0.388 e. The number of H-pyrrole nitrogens is 1.